The maximum atomic E-state index is 12.2. The largest absolute Gasteiger partial charge is 0.507 e. The van der Waals surface area contributed by atoms with Crippen molar-refractivity contribution in [2.75, 3.05) is 13.7 Å². The van der Waals surface area contributed by atoms with Crippen LogP contribution in [0.4, 0.5) is 0 Å². The first-order valence-electron chi connectivity index (χ1n) is 7.67. The number of esters is 1. The van der Waals surface area contributed by atoms with Gasteiger partial charge in [0.05, 0.1) is 6.04 Å². The number of likely N-dealkylation sites (N-methyl/N-ethyl adjacent to an activating group) is 1. The van der Waals surface area contributed by atoms with Crippen molar-refractivity contribution < 1.29 is 19.4 Å². The van der Waals surface area contributed by atoms with Crippen LogP contribution in [0.5, 0.6) is 5.75 Å². The Labute approximate surface area is 141 Å². The smallest absolute Gasteiger partial charge is 0.342 e. The van der Waals surface area contributed by atoms with E-state index in [4.69, 9.17) is 4.74 Å². The third-order valence-electron chi connectivity index (χ3n) is 3.96. The molecule has 2 aromatic rings. The van der Waals surface area contributed by atoms with E-state index in [-0.39, 0.29) is 29.9 Å². The lowest BCUT2D eigenvalue weighted by Crippen LogP contribution is -2.33. The summed E-state index contributed by atoms with van der Waals surface area (Å²) in [6, 6.07) is 14.1. The summed E-state index contributed by atoms with van der Waals surface area (Å²) >= 11 is 0. The van der Waals surface area contributed by atoms with E-state index >= 15 is 0 Å². The van der Waals surface area contributed by atoms with Gasteiger partial charge in [-0.05, 0) is 31.5 Å². The van der Waals surface area contributed by atoms with Crippen LogP contribution in [0.2, 0.25) is 0 Å². The summed E-state index contributed by atoms with van der Waals surface area (Å²) in [7, 11) is 1.66. The summed E-state index contributed by atoms with van der Waals surface area (Å²) in [5.41, 5.74) is 1.87. The first-order chi connectivity index (χ1) is 11.4. The van der Waals surface area contributed by atoms with Crippen molar-refractivity contribution in [2.24, 2.45) is 0 Å². The molecule has 0 aliphatic heterocycles. The van der Waals surface area contributed by atoms with E-state index < -0.39 is 5.97 Å². The number of benzene rings is 2. The highest BCUT2D eigenvalue weighted by Gasteiger charge is 2.20. The van der Waals surface area contributed by atoms with Crippen LogP contribution in [0.3, 0.4) is 0 Å². The molecule has 0 unspecified atom stereocenters. The topological polar surface area (TPSA) is 66.8 Å². The number of aromatic hydroxyl groups is 1. The fourth-order valence-corrected chi connectivity index (χ4v) is 2.29. The highest BCUT2D eigenvalue weighted by molar-refractivity contribution is 5.94. The van der Waals surface area contributed by atoms with Gasteiger partial charge in [-0.25, -0.2) is 4.79 Å². The van der Waals surface area contributed by atoms with E-state index in [0.717, 1.165) is 11.1 Å². The number of aryl methyl sites for hydroxylation is 1. The maximum absolute atomic E-state index is 12.2. The van der Waals surface area contributed by atoms with Crippen LogP contribution in [0.15, 0.2) is 48.5 Å². The lowest BCUT2D eigenvalue weighted by molar-refractivity contribution is -0.135. The molecule has 0 radical (unpaired) electrons. The molecule has 1 amide bonds. The second-order valence-electron chi connectivity index (χ2n) is 5.69. The van der Waals surface area contributed by atoms with Gasteiger partial charge in [-0.15, -0.1) is 0 Å². The molecule has 0 heterocycles. The fraction of sp³-hybridized carbons (Fsp3) is 0.263. The quantitative estimate of drug-likeness (QED) is 0.857. The number of phenols is 1. The van der Waals surface area contributed by atoms with Gasteiger partial charge in [0, 0.05) is 7.05 Å². The molecule has 0 aliphatic rings. The van der Waals surface area contributed by atoms with Crippen LogP contribution in [0, 0.1) is 6.92 Å². The molecule has 2 rings (SSSR count). The zero-order chi connectivity index (χ0) is 17.7. The number of rotatable bonds is 5. The second-order valence-corrected chi connectivity index (χ2v) is 5.69. The van der Waals surface area contributed by atoms with Crippen molar-refractivity contribution in [1.82, 2.24) is 4.90 Å². The molecule has 0 bridgehead atoms. The van der Waals surface area contributed by atoms with Gasteiger partial charge >= 0.3 is 5.97 Å². The molecule has 5 nitrogen and oxygen atoms in total. The monoisotopic (exact) mass is 327 g/mol. The lowest BCUT2D eigenvalue weighted by atomic mass is 10.1. The Morgan fingerprint density at radius 2 is 1.83 bits per heavy atom. The van der Waals surface area contributed by atoms with Crippen molar-refractivity contribution >= 4 is 11.9 Å². The Balaban J connectivity index is 1.97. The predicted molar refractivity (Wildman–Crippen MR) is 90.8 cm³/mol. The summed E-state index contributed by atoms with van der Waals surface area (Å²) in [4.78, 5) is 25.8. The minimum atomic E-state index is -0.717. The number of carbonyl (C=O) groups is 2. The van der Waals surface area contributed by atoms with E-state index in [1.54, 1.807) is 20.0 Å². The Morgan fingerprint density at radius 1 is 1.17 bits per heavy atom. The highest BCUT2D eigenvalue weighted by Crippen LogP contribution is 2.20. The van der Waals surface area contributed by atoms with Gasteiger partial charge in [-0.2, -0.15) is 0 Å². The third kappa shape index (κ3) is 4.13. The summed E-state index contributed by atoms with van der Waals surface area (Å²) in [6.45, 7) is 3.33. The molecule has 0 fully saturated rings. The van der Waals surface area contributed by atoms with E-state index in [2.05, 4.69) is 0 Å². The molecule has 0 aliphatic carbocycles. The number of hydrogen-bond donors (Lipinski definition) is 1. The van der Waals surface area contributed by atoms with Crippen LogP contribution < -0.4 is 0 Å². The molecule has 1 N–H and O–H groups in total. The molecule has 1 atom stereocenters. The van der Waals surface area contributed by atoms with Gasteiger partial charge in [0.2, 0.25) is 0 Å². The number of phenolic OH excluding ortho intramolecular Hbond substituents is 1. The number of nitrogens with zero attached hydrogens (tertiary/aromatic N) is 1. The SMILES string of the molecule is Cc1ccc(O)c(C(=O)OCC(=O)N(C)[C@@H](C)c2ccccc2)c1. The van der Waals surface area contributed by atoms with Crippen molar-refractivity contribution in [3.05, 3.63) is 65.2 Å². The first-order valence-corrected chi connectivity index (χ1v) is 7.67. The number of ether oxygens (including phenoxy) is 1. The van der Waals surface area contributed by atoms with E-state index in [9.17, 15) is 14.7 Å². The van der Waals surface area contributed by atoms with Crippen molar-refractivity contribution in [1.29, 1.82) is 0 Å². The molecule has 2 aromatic carbocycles. The van der Waals surface area contributed by atoms with E-state index in [0.29, 0.717) is 0 Å². The fourth-order valence-electron chi connectivity index (χ4n) is 2.29. The molecule has 0 saturated carbocycles. The van der Waals surface area contributed by atoms with Crippen molar-refractivity contribution in [3.8, 4) is 5.75 Å². The Bertz CT molecular complexity index is 727. The average molecular weight is 327 g/mol. The molecule has 0 spiro atoms. The van der Waals surface area contributed by atoms with Gasteiger partial charge < -0.3 is 14.7 Å². The lowest BCUT2D eigenvalue weighted by Gasteiger charge is -2.25. The Morgan fingerprint density at radius 3 is 2.50 bits per heavy atom. The number of amides is 1. The minimum absolute atomic E-state index is 0.0570. The number of carbonyl (C=O) groups excluding carboxylic acids is 2. The van der Waals surface area contributed by atoms with Crippen LogP contribution in [0.25, 0.3) is 0 Å². The molecule has 0 saturated heterocycles. The number of hydrogen-bond acceptors (Lipinski definition) is 4. The van der Waals surface area contributed by atoms with Crippen LogP contribution >= 0.6 is 0 Å². The van der Waals surface area contributed by atoms with E-state index in [1.165, 1.54) is 17.0 Å². The summed E-state index contributed by atoms with van der Waals surface area (Å²) < 4.78 is 5.04. The van der Waals surface area contributed by atoms with Crippen molar-refractivity contribution in [2.45, 2.75) is 19.9 Å². The standard InChI is InChI=1S/C19H21NO4/c1-13-9-10-17(21)16(11-13)19(23)24-12-18(22)20(3)14(2)15-7-5-4-6-8-15/h4-11,14,21H,12H2,1-3H3/t14-/m0/s1. The summed E-state index contributed by atoms with van der Waals surface area (Å²) in [5, 5.41) is 9.72. The zero-order valence-corrected chi connectivity index (χ0v) is 14.0. The predicted octanol–water partition coefficient (Wildman–Crippen LogP) is 3.08. The normalized spacial score (nSPS) is 11.6. The van der Waals surface area contributed by atoms with Crippen LogP contribution in [-0.2, 0) is 9.53 Å². The molecule has 126 valence electrons. The molecule has 0 aromatic heterocycles. The second kappa shape index (κ2) is 7.64. The minimum Gasteiger partial charge on any atom is -0.507 e. The Hall–Kier alpha value is -2.82. The van der Waals surface area contributed by atoms with E-state index in [1.807, 2.05) is 37.3 Å². The van der Waals surface area contributed by atoms with Crippen LogP contribution in [0.1, 0.15) is 34.5 Å². The van der Waals surface area contributed by atoms with Crippen molar-refractivity contribution in [3.63, 3.8) is 0 Å². The molecular formula is C19H21NO4. The van der Waals surface area contributed by atoms with Gasteiger partial charge in [0.25, 0.3) is 5.91 Å². The van der Waals surface area contributed by atoms with Gasteiger partial charge in [0.15, 0.2) is 6.61 Å². The van der Waals surface area contributed by atoms with Gasteiger partial charge in [-0.3, -0.25) is 4.79 Å². The average Bonchev–Trinajstić information content (AvgIpc) is 2.60. The highest BCUT2D eigenvalue weighted by atomic mass is 16.5. The molecule has 5 heteroatoms. The first kappa shape index (κ1) is 17.5. The summed E-state index contributed by atoms with van der Waals surface area (Å²) in [5.74, 6) is -1.19. The Kier molecular flexibility index (Phi) is 5.58. The third-order valence-corrected chi connectivity index (χ3v) is 3.96. The van der Waals surface area contributed by atoms with Gasteiger partial charge in [-0.1, -0.05) is 42.0 Å². The molecular weight excluding hydrogens is 306 g/mol. The zero-order valence-electron chi connectivity index (χ0n) is 14.0. The van der Waals surface area contributed by atoms with Crippen LogP contribution in [-0.4, -0.2) is 35.5 Å². The van der Waals surface area contributed by atoms with Gasteiger partial charge in [0.1, 0.15) is 11.3 Å². The summed E-state index contributed by atoms with van der Waals surface area (Å²) in [6.07, 6.45) is 0. The maximum Gasteiger partial charge on any atom is 0.342 e. The molecule has 24 heavy (non-hydrogen) atoms.